The summed E-state index contributed by atoms with van der Waals surface area (Å²) in [6.45, 7) is 4.47. The average molecular weight is 635 g/mol. The Morgan fingerprint density at radius 1 is 1.11 bits per heavy atom. The maximum Gasteiger partial charge on any atom is 0.230 e. The Morgan fingerprint density at radius 2 is 1.80 bits per heavy atom. The van der Waals surface area contributed by atoms with E-state index >= 15 is 0 Å². The lowest BCUT2D eigenvalue weighted by Crippen LogP contribution is -2.71. The minimum Gasteiger partial charge on any atom is -0.508 e. The molecule has 4 aliphatic rings. The molecule has 12 heteroatoms. The second-order valence-corrected chi connectivity index (χ2v) is 13.4. The van der Waals surface area contributed by atoms with E-state index in [4.69, 9.17) is 10.5 Å². The first-order chi connectivity index (χ1) is 21.8. The molecule has 6 N–H and O–H groups in total. The predicted octanol–water partition coefficient (Wildman–Crippen LogP) is 0.709. The van der Waals surface area contributed by atoms with Crippen molar-refractivity contribution in [2.75, 3.05) is 54.4 Å². The van der Waals surface area contributed by atoms with Gasteiger partial charge in [0.05, 0.1) is 18.8 Å². The largest absolute Gasteiger partial charge is 0.508 e. The summed E-state index contributed by atoms with van der Waals surface area (Å²) in [6, 6.07) is 8.12. The highest BCUT2D eigenvalue weighted by molar-refractivity contribution is 6.16. The molecule has 0 bridgehead atoms. The van der Waals surface area contributed by atoms with Crippen molar-refractivity contribution in [1.29, 1.82) is 0 Å². The molecule has 1 heterocycles. The van der Waals surface area contributed by atoms with Gasteiger partial charge in [0.25, 0.3) is 0 Å². The highest BCUT2D eigenvalue weighted by Gasteiger charge is 2.66. The summed E-state index contributed by atoms with van der Waals surface area (Å²) in [6.07, 6.45) is -1.24. The third-order valence-electron chi connectivity index (χ3n) is 10.6. The number of ketones is 2. The molecule has 1 saturated heterocycles. The molecule has 0 aromatic heterocycles. The Kier molecular flexibility index (Phi) is 8.22. The van der Waals surface area contributed by atoms with E-state index in [9.17, 15) is 34.8 Å². The minimum absolute atomic E-state index is 0.00677. The summed E-state index contributed by atoms with van der Waals surface area (Å²) < 4.78 is 5.69. The van der Waals surface area contributed by atoms with Crippen LogP contribution in [0.3, 0.4) is 0 Å². The van der Waals surface area contributed by atoms with Crippen LogP contribution in [0, 0.1) is 17.8 Å². The first kappa shape index (κ1) is 32.1. The van der Waals surface area contributed by atoms with E-state index in [0.717, 1.165) is 48.6 Å². The van der Waals surface area contributed by atoms with E-state index in [-0.39, 0.29) is 29.7 Å². The number of Topliss-reactive ketones (excluding diaryl/α,β-unsaturated/α-hetero) is 2. The quantitative estimate of drug-likeness (QED) is 0.283. The van der Waals surface area contributed by atoms with Crippen LogP contribution in [0.1, 0.15) is 27.9 Å². The van der Waals surface area contributed by atoms with Crippen molar-refractivity contribution in [3.63, 3.8) is 0 Å². The molecule has 1 aliphatic heterocycles. The standard InChI is InChI=1S/C34H42N4O8/c1-36(2)28-22-15-18-14-21-20(17-5-8-24(46-4)19(13-17)16-38-11-9-37(3)10-12-38)6-7-23(39)26(21)29(40)25(18)31(42)34(22,45)32(43)27(30(28)41)33(35)44/h5-8,13,18,22,27-28,30,39,41-42,45H,9-12,14-16H2,1-4H3,(H2,35,44)/t18-,22-,27?,28-,30?,34-/m0/s1. The van der Waals surface area contributed by atoms with Crippen molar-refractivity contribution in [3.8, 4) is 22.6 Å². The van der Waals surface area contributed by atoms with Crippen LogP contribution in [0.15, 0.2) is 41.7 Å². The fraction of sp³-hybridized carbons (Fsp3) is 0.500. The van der Waals surface area contributed by atoms with E-state index < -0.39 is 58.7 Å². The number of methoxy groups -OCH3 is 1. The molecular formula is C34H42N4O8. The Labute approximate surface area is 267 Å². The van der Waals surface area contributed by atoms with Crippen molar-refractivity contribution in [1.82, 2.24) is 14.7 Å². The number of hydrogen-bond acceptors (Lipinski definition) is 11. The Balaban J connectivity index is 1.44. The van der Waals surface area contributed by atoms with E-state index in [1.807, 2.05) is 18.2 Å². The monoisotopic (exact) mass is 634 g/mol. The zero-order valence-electron chi connectivity index (χ0n) is 26.6. The number of aliphatic hydroxyl groups excluding tert-OH is 2. The van der Waals surface area contributed by atoms with E-state index in [2.05, 4.69) is 16.8 Å². The number of allylic oxidation sites excluding steroid dienone is 1. The molecule has 2 fully saturated rings. The molecule has 0 spiro atoms. The van der Waals surface area contributed by atoms with Crippen LogP contribution in [0.4, 0.5) is 0 Å². The van der Waals surface area contributed by atoms with Gasteiger partial charge in [-0.05, 0) is 74.8 Å². The summed E-state index contributed by atoms with van der Waals surface area (Å²) in [5.41, 5.74) is 5.83. The fourth-order valence-corrected chi connectivity index (χ4v) is 8.19. The normalized spacial score (nSPS) is 30.2. The number of primary amides is 1. The number of nitrogens with zero attached hydrogens (tertiary/aromatic N) is 3. The van der Waals surface area contributed by atoms with Crippen molar-refractivity contribution >= 4 is 17.5 Å². The van der Waals surface area contributed by atoms with Crippen LogP contribution in [0.5, 0.6) is 11.5 Å². The van der Waals surface area contributed by atoms with Crippen LogP contribution in [-0.2, 0) is 22.6 Å². The number of ether oxygens (including phenoxy) is 1. The van der Waals surface area contributed by atoms with Crippen molar-refractivity contribution in [3.05, 3.63) is 58.4 Å². The first-order valence-corrected chi connectivity index (χ1v) is 15.6. The smallest absolute Gasteiger partial charge is 0.230 e. The molecule has 0 radical (unpaired) electrons. The van der Waals surface area contributed by atoms with Gasteiger partial charge in [0.1, 0.15) is 23.2 Å². The van der Waals surface area contributed by atoms with Crippen molar-refractivity contribution in [2.45, 2.75) is 37.1 Å². The fourth-order valence-electron chi connectivity index (χ4n) is 8.19. The maximum absolute atomic E-state index is 14.2. The van der Waals surface area contributed by atoms with Gasteiger partial charge >= 0.3 is 0 Å². The number of fused-ring (bicyclic) bond motifs is 3. The lowest BCUT2D eigenvalue weighted by atomic mass is 9.55. The van der Waals surface area contributed by atoms with Crippen molar-refractivity contribution < 1.29 is 39.5 Å². The van der Waals surface area contributed by atoms with Gasteiger partial charge < -0.3 is 40.7 Å². The zero-order chi connectivity index (χ0) is 33.2. The summed E-state index contributed by atoms with van der Waals surface area (Å²) in [5, 5.41) is 45.6. The highest BCUT2D eigenvalue weighted by atomic mass is 16.5. The number of aliphatic hydroxyl groups is 3. The van der Waals surface area contributed by atoms with E-state index in [0.29, 0.717) is 12.1 Å². The average Bonchev–Trinajstić information content (AvgIpc) is 3.00. The minimum atomic E-state index is -2.62. The number of rotatable bonds is 6. The highest BCUT2D eigenvalue weighted by Crippen LogP contribution is 2.53. The van der Waals surface area contributed by atoms with Gasteiger partial charge in [-0.3, -0.25) is 19.3 Å². The summed E-state index contributed by atoms with van der Waals surface area (Å²) in [7, 11) is 7.01. The number of carbonyl (C=O) groups excluding carboxylic acids is 3. The molecule has 2 aromatic rings. The number of hydrogen-bond donors (Lipinski definition) is 5. The number of aromatic hydroxyl groups is 1. The van der Waals surface area contributed by atoms with Gasteiger partial charge in [-0.2, -0.15) is 0 Å². The number of piperazine rings is 1. The molecule has 6 rings (SSSR count). The number of phenols is 1. The Morgan fingerprint density at radius 3 is 2.43 bits per heavy atom. The van der Waals surface area contributed by atoms with Crippen LogP contribution < -0.4 is 10.5 Å². The second kappa shape index (κ2) is 11.8. The Hall–Kier alpha value is -3.81. The molecule has 46 heavy (non-hydrogen) atoms. The van der Waals surface area contributed by atoms with Crippen LogP contribution in [0.2, 0.25) is 0 Å². The molecular weight excluding hydrogens is 592 g/mol. The molecule has 246 valence electrons. The zero-order valence-corrected chi connectivity index (χ0v) is 26.6. The van der Waals surface area contributed by atoms with Gasteiger partial charge in [-0.15, -0.1) is 0 Å². The van der Waals surface area contributed by atoms with Gasteiger partial charge in [0, 0.05) is 55.8 Å². The van der Waals surface area contributed by atoms with Gasteiger partial charge in [0.15, 0.2) is 17.2 Å². The first-order valence-electron chi connectivity index (χ1n) is 15.6. The topological polar surface area (TPSA) is 177 Å². The third-order valence-corrected chi connectivity index (χ3v) is 10.6. The van der Waals surface area contributed by atoms with Crippen LogP contribution in [-0.4, -0.2) is 125 Å². The van der Waals surface area contributed by atoms with Crippen molar-refractivity contribution in [2.24, 2.45) is 23.5 Å². The molecule has 12 nitrogen and oxygen atoms in total. The van der Waals surface area contributed by atoms with Gasteiger partial charge in [0.2, 0.25) is 5.91 Å². The van der Waals surface area contributed by atoms with Crippen LogP contribution in [0.25, 0.3) is 11.1 Å². The van der Waals surface area contributed by atoms with E-state index in [1.165, 1.54) is 6.07 Å². The Bertz CT molecular complexity index is 1630. The SMILES string of the molecule is COc1ccc(-c2ccc(O)c3c2C[C@H]2C[C@H]4[C@H](N(C)C)C(O)C(C(N)=O)C(=O)[C@@]4(O)C(O)=C2C3=O)cc1CN1CCN(C)CC1. The van der Waals surface area contributed by atoms with Crippen LogP contribution >= 0.6 is 0 Å². The number of likely N-dealkylation sites (N-methyl/N-ethyl adjacent to an activating group) is 2. The molecule has 6 atom stereocenters. The number of benzene rings is 2. The molecule has 3 aliphatic carbocycles. The summed E-state index contributed by atoms with van der Waals surface area (Å²) in [5.74, 6) is -6.81. The summed E-state index contributed by atoms with van der Waals surface area (Å²) in [4.78, 5) is 46.3. The lowest BCUT2D eigenvalue weighted by molar-refractivity contribution is -0.178. The lowest BCUT2D eigenvalue weighted by Gasteiger charge is -2.53. The van der Waals surface area contributed by atoms with Gasteiger partial charge in [-0.25, -0.2) is 0 Å². The molecule has 2 unspecified atom stereocenters. The number of amides is 1. The molecule has 2 aromatic carbocycles. The third kappa shape index (κ3) is 4.90. The number of carbonyl (C=O) groups is 3. The van der Waals surface area contributed by atoms with E-state index in [1.54, 1.807) is 32.2 Å². The summed E-state index contributed by atoms with van der Waals surface area (Å²) >= 11 is 0. The predicted molar refractivity (Wildman–Crippen MR) is 168 cm³/mol. The number of nitrogens with two attached hydrogens (primary N) is 1. The maximum atomic E-state index is 14.2. The number of phenolic OH excluding ortho intramolecular Hbond substituents is 1. The van der Waals surface area contributed by atoms with Gasteiger partial charge in [-0.1, -0.05) is 12.1 Å². The molecule has 1 amide bonds. The molecule has 1 saturated carbocycles. The second-order valence-electron chi connectivity index (χ2n) is 13.4.